The molecule has 1 aliphatic heterocycles. The third-order valence-electron chi connectivity index (χ3n) is 5.91. The van der Waals surface area contributed by atoms with Crippen LogP contribution >= 0.6 is 11.3 Å². The van der Waals surface area contributed by atoms with Crippen molar-refractivity contribution < 1.29 is 17.6 Å². The van der Waals surface area contributed by atoms with Gasteiger partial charge in [0.1, 0.15) is 17.5 Å². The van der Waals surface area contributed by atoms with Gasteiger partial charge >= 0.3 is 6.18 Å². The van der Waals surface area contributed by atoms with E-state index < -0.39 is 17.1 Å². The van der Waals surface area contributed by atoms with E-state index in [0.29, 0.717) is 48.3 Å². The van der Waals surface area contributed by atoms with Gasteiger partial charge in [-0.2, -0.15) is 13.2 Å². The van der Waals surface area contributed by atoms with E-state index in [1.165, 1.54) is 17.6 Å². The predicted octanol–water partition coefficient (Wildman–Crippen LogP) is 5.13. The van der Waals surface area contributed by atoms with Gasteiger partial charge in [-0.3, -0.25) is 0 Å². The molecule has 11 heteroatoms. The summed E-state index contributed by atoms with van der Waals surface area (Å²) in [4.78, 5) is 16.4. The molecule has 0 bridgehead atoms. The Kier molecular flexibility index (Phi) is 6.77. The number of nitrogens with zero attached hydrogens (tertiary/aromatic N) is 5. The quantitative estimate of drug-likeness (QED) is 0.496. The van der Waals surface area contributed by atoms with Crippen LogP contribution in [0, 0.1) is 11.7 Å². The molecular formula is C23H26F4N6S. The largest absolute Gasteiger partial charge is 0.429 e. The van der Waals surface area contributed by atoms with Crippen molar-refractivity contribution in [3.63, 3.8) is 0 Å². The third-order valence-corrected chi connectivity index (χ3v) is 6.77. The van der Waals surface area contributed by atoms with Crippen LogP contribution in [0.2, 0.25) is 0 Å². The van der Waals surface area contributed by atoms with Crippen LogP contribution in [0.3, 0.4) is 0 Å². The number of thiazole rings is 1. The number of alkyl halides is 3. The van der Waals surface area contributed by atoms with Gasteiger partial charge in [-0.25, -0.2) is 19.3 Å². The van der Waals surface area contributed by atoms with Crippen molar-refractivity contribution in [3.05, 3.63) is 52.4 Å². The minimum absolute atomic E-state index is 0.0267. The molecule has 3 aromatic rings. The van der Waals surface area contributed by atoms with Gasteiger partial charge in [0.25, 0.3) is 0 Å². The van der Waals surface area contributed by atoms with Crippen LogP contribution in [0.4, 0.5) is 29.2 Å². The Morgan fingerprint density at radius 2 is 1.82 bits per heavy atom. The number of halogens is 4. The van der Waals surface area contributed by atoms with Crippen LogP contribution in [-0.4, -0.2) is 40.6 Å². The molecule has 1 aromatic carbocycles. The van der Waals surface area contributed by atoms with E-state index >= 15 is 0 Å². The van der Waals surface area contributed by atoms with E-state index in [1.54, 1.807) is 17.0 Å². The molecule has 3 heterocycles. The van der Waals surface area contributed by atoms with Crippen molar-refractivity contribution >= 4 is 23.0 Å². The average molecular weight is 495 g/mol. The Labute approximate surface area is 199 Å². The molecule has 2 N–H and O–H groups in total. The molecule has 2 atom stereocenters. The molecule has 0 aliphatic carbocycles. The minimum atomic E-state index is -4.44. The summed E-state index contributed by atoms with van der Waals surface area (Å²) in [5, 5.41) is 0. The lowest BCUT2D eigenvalue weighted by Crippen LogP contribution is -2.53. The average Bonchev–Trinajstić information content (AvgIpc) is 3.29. The first-order chi connectivity index (χ1) is 16.0. The molecule has 0 spiro atoms. The van der Waals surface area contributed by atoms with Crippen LogP contribution in [0.25, 0.3) is 11.3 Å². The van der Waals surface area contributed by atoms with Gasteiger partial charge in [-0.1, -0.05) is 13.8 Å². The smallest absolute Gasteiger partial charge is 0.352 e. The molecule has 0 radical (unpaired) electrons. The van der Waals surface area contributed by atoms with Crippen LogP contribution in [0.15, 0.2) is 35.8 Å². The Balaban J connectivity index is 1.65. The highest BCUT2D eigenvalue weighted by atomic mass is 32.1. The summed E-state index contributed by atoms with van der Waals surface area (Å²) < 4.78 is 53.6. The maximum Gasteiger partial charge on any atom is 0.429 e. The Morgan fingerprint density at radius 1 is 1.12 bits per heavy atom. The molecule has 2 unspecified atom stereocenters. The van der Waals surface area contributed by atoms with E-state index in [4.69, 9.17) is 10.7 Å². The number of aromatic nitrogens is 3. The molecule has 0 amide bonds. The van der Waals surface area contributed by atoms with Gasteiger partial charge in [-0.05, 0) is 37.1 Å². The Hall–Kier alpha value is -2.79. The number of piperazine rings is 1. The molecule has 1 aliphatic rings. The number of rotatable bonds is 5. The number of anilines is 2. The molecule has 182 valence electrons. The normalized spacial score (nSPS) is 18.0. The van der Waals surface area contributed by atoms with Crippen molar-refractivity contribution in [2.24, 2.45) is 11.7 Å². The fraction of sp³-hybridized carbons (Fsp3) is 0.435. The fourth-order valence-corrected chi connectivity index (χ4v) is 4.64. The summed E-state index contributed by atoms with van der Waals surface area (Å²) in [6, 6.07) is 7.30. The van der Waals surface area contributed by atoms with Crippen molar-refractivity contribution in [3.8, 4) is 11.3 Å². The van der Waals surface area contributed by atoms with Crippen LogP contribution in [0.1, 0.15) is 37.5 Å². The standard InChI is InChI=1S/C23H26F4N6S/c1-13(2)19(28)21-30-17(15-4-6-16(24)7-5-15)10-18(31-21)33-9-8-32(11-14(33)3)22-20(23(25,26)27)34-12-29-22/h4-7,10,12-14,19H,8-9,11,28H2,1-3H3. The van der Waals surface area contributed by atoms with Crippen LogP contribution in [0.5, 0.6) is 0 Å². The lowest BCUT2D eigenvalue weighted by molar-refractivity contribution is -0.134. The molecule has 0 saturated carbocycles. The highest BCUT2D eigenvalue weighted by Crippen LogP contribution is 2.39. The highest BCUT2D eigenvalue weighted by Gasteiger charge is 2.39. The molecule has 34 heavy (non-hydrogen) atoms. The van der Waals surface area contributed by atoms with Gasteiger partial charge in [0.15, 0.2) is 10.7 Å². The van der Waals surface area contributed by atoms with E-state index in [9.17, 15) is 17.6 Å². The third kappa shape index (κ3) is 5.00. The van der Waals surface area contributed by atoms with Gasteiger partial charge in [0.05, 0.1) is 17.2 Å². The first-order valence-electron chi connectivity index (χ1n) is 11.0. The Morgan fingerprint density at radius 3 is 2.44 bits per heavy atom. The first-order valence-corrected chi connectivity index (χ1v) is 11.9. The highest BCUT2D eigenvalue weighted by molar-refractivity contribution is 7.10. The zero-order chi connectivity index (χ0) is 24.6. The monoisotopic (exact) mass is 494 g/mol. The summed E-state index contributed by atoms with van der Waals surface area (Å²) in [6.07, 6.45) is -4.44. The van der Waals surface area contributed by atoms with E-state index in [2.05, 4.69) is 9.97 Å². The lowest BCUT2D eigenvalue weighted by Gasteiger charge is -2.41. The van der Waals surface area contributed by atoms with Gasteiger partial charge in [-0.15, -0.1) is 11.3 Å². The van der Waals surface area contributed by atoms with E-state index in [1.807, 2.05) is 31.7 Å². The van der Waals surface area contributed by atoms with Gasteiger partial charge in [0, 0.05) is 37.3 Å². The van der Waals surface area contributed by atoms with Gasteiger partial charge < -0.3 is 15.5 Å². The summed E-state index contributed by atoms with van der Waals surface area (Å²) >= 11 is 0.604. The van der Waals surface area contributed by atoms with Crippen molar-refractivity contribution in [2.75, 3.05) is 29.4 Å². The molecule has 2 aromatic heterocycles. The van der Waals surface area contributed by atoms with Gasteiger partial charge in [0.2, 0.25) is 0 Å². The second-order valence-corrected chi connectivity index (χ2v) is 9.59. The van der Waals surface area contributed by atoms with E-state index in [0.717, 1.165) is 5.56 Å². The predicted molar refractivity (Wildman–Crippen MR) is 125 cm³/mol. The molecular weight excluding hydrogens is 468 g/mol. The summed E-state index contributed by atoms with van der Waals surface area (Å²) in [5.74, 6) is 0.835. The first kappa shape index (κ1) is 24.3. The number of nitrogens with two attached hydrogens (primary N) is 1. The Bertz CT molecular complexity index is 1130. The summed E-state index contributed by atoms with van der Waals surface area (Å²) in [7, 11) is 0. The second kappa shape index (κ2) is 9.46. The number of benzene rings is 1. The zero-order valence-corrected chi connectivity index (χ0v) is 19.9. The maximum atomic E-state index is 13.5. The van der Waals surface area contributed by atoms with Crippen molar-refractivity contribution in [1.29, 1.82) is 0 Å². The van der Waals surface area contributed by atoms with E-state index in [-0.39, 0.29) is 23.6 Å². The number of hydrogen-bond acceptors (Lipinski definition) is 7. The summed E-state index contributed by atoms with van der Waals surface area (Å²) in [5.41, 5.74) is 8.93. The molecule has 1 fully saturated rings. The van der Waals surface area contributed by atoms with Crippen LogP contribution in [-0.2, 0) is 6.18 Å². The van der Waals surface area contributed by atoms with Crippen molar-refractivity contribution in [1.82, 2.24) is 15.0 Å². The second-order valence-electron chi connectivity index (χ2n) is 8.74. The van der Waals surface area contributed by atoms with Crippen LogP contribution < -0.4 is 15.5 Å². The SMILES string of the molecule is CC(C)C(N)c1nc(-c2ccc(F)cc2)cc(N2CCN(c3ncsc3C(F)(F)F)CC2C)n1. The molecule has 6 nitrogen and oxygen atoms in total. The molecule has 4 rings (SSSR count). The lowest BCUT2D eigenvalue weighted by atomic mass is 10.0. The summed E-state index contributed by atoms with van der Waals surface area (Å²) in [6.45, 7) is 7.06. The topological polar surface area (TPSA) is 71.2 Å². The zero-order valence-electron chi connectivity index (χ0n) is 19.1. The fourth-order valence-electron chi connectivity index (χ4n) is 3.96. The minimum Gasteiger partial charge on any atom is -0.352 e. The molecule has 1 saturated heterocycles. The number of hydrogen-bond donors (Lipinski definition) is 1. The van der Waals surface area contributed by atoms with Crippen molar-refractivity contribution in [2.45, 2.75) is 39.0 Å². The maximum absolute atomic E-state index is 13.5.